The van der Waals surface area contributed by atoms with E-state index in [2.05, 4.69) is 21.3 Å². The maximum atomic E-state index is 13.3. The van der Waals surface area contributed by atoms with Crippen molar-refractivity contribution in [1.29, 1.82) is 0 Å². The van der Waals surface area contributed by atoms with Crippen LogP contribution < -0.4 is 5.32 Å². The van der Waals surface area contributed by atoms with E-state index in [9.17, 15) is 9.18 Å². The molecule has 2 bridgehead atoms. The molecule has 5 rings (SSSR count). The molecule has 0 saturated carbocycles. The summed E-state index contributed by atoms with van der Waals surface area (Å²) >= 11 is 0. The number of hydrogen-bond acceptors (Lipinski definition) is 5. The molecule has 0 spiro atoms. The molecular formula is C23H29FN4O2. The highest BCUT2D eigenvalue weighted by molar-refractivity contribution is 5.67. The number of aryl methyl sites for hydroxylation is 1. The first-order chi connectivity index (χ1) is 14.5. The summed E-state index contributed by atoms with van der Waals surface area (Å²) in [5.41, 5.74) is 2.78. The van der Waals surface area contributed by atoms with Crippen LogP contribution in [0.4, 0.5) is 9.18 Å². The number of ether oxygens (including phenoxy) is 1. The van der Waals surface area contributed by atoms with Crippen molar-refractivity contribution in [3.05, 3.63) is 47.7 Å². The normalized spacial score (nSPS) is 25.2. The Morgan fingerprint density at radius 1 is 1.30 bits per heavy atom. The van der Waals surface area contributed by atoms with E-state index in [1.807, 2.05) is 13.8 Å². The van der Waals surface area contributed by atoms with E-state index in [1.54, 1.807) is 12.1 Å². The molecule has 1 aromatic heterocycles. The highest BCUT2D eigenvalue weighted by Gasteiger charge is 2.41. The molecule has 0 radical (unpaired) electrons. The Balaban J connectivity index is 1.45. The second-order valence-electron chi connectivity index (χ2n) is 8.30. The molecule has 7 heteroatoms. The van der Waals surface area contributed by atoms with Gasteiger partial charge in [0.2, 0.25) is 0 Å². The second kappa shape index (κ2) is 9.08. The molecule has 4 atom stereocenters. The minimum Gasteiger partial charge on any atom is -0.448 e. The summed E-state index contributed by atoms with van der Waals surface area (Å²) < 4.78 is 18.7. The van der Waals surface area contributed by atoms with Gasteiger partial charge in [0, 0.05) is 36.3 Å². The molecule has 3 saturated heterocycles. The van der Waals surface area contributed by atoms with E-state index < -0.39 is 0 Å². The largest absolute Gasteiger partial charge is 0.448 e. The van der Waals surface area contributed by atoms with Crippen LogP contribution in [0.1, 0.15) is 43.6 Å². The molecule has 6 nitrogen and oxygen atoms in total. The third-order valence-corrected chi connectivity index (χ3v) is 6.18. The van der Waals surface area contributed by atoms with Crippen LogP contribution in [0.2, 0.25) is 0 Å². The first-order valence-electron chi connectivity index (χ1n) is 10.8. The molecule has 1 aromatic carbocycles. The molecule has 2 aromatic rings. The minimum absolute atomic E-state index is 0.251. The minimum atomic E-state index is -0.327. The summed E-state index contributed by atoms with van der Waals surface area (Å²) in [7, 11) is 0. The van der Waals surface area contributed by atoms with E-state index in [0.717, 1.165) is 55.1 Å². The van der Waals surface area contributed by atoms with Crippen molar-refractivity contribution in [2.75, 3.05) is 26.2 Å². The maximum Gasteiger partial charge on any atom is 0.407 e. The smallest absolute Gasteiger partial charge is 0.407 e. The average molecular weight is 413 g/mol. The van der Waals surface area contributed by atoms with Crippen molar-refractivity contribution in [1.82, 2.24) is 20.2 Å². The van der Waals surface area contributed by atoms with Crippen LogP contribution in [0.3, 0.4) is 0 Å². The first kappa shape index (κ1) is 20.7. The Kier molecular flexibility index (Phi) is 6.27. The number of carbonyl (C=O) groups is 1. The topological polar surface area (TPSA) is 67.3 Å². The van der Waals surface area contributed by atoms with Crippen LogP contribution in [0.5, 0.6) is 0 Å². The number of benzene rings is 1. The average Bonchev–Trinajstić information content (AvgIpc) is 2.76. The van der Waals surface area contributed by atoms with Crippen LogP contribution in [0, 0.1) is 18.7 Å². The molecule has 0 aliphatic carbocycles. The quantitative estimate of drug-likeness (QED) is 0.779. The van der Waals surface area contributed by atoms with E-state index in [4.69, 9.17) is 9.72 Å². The predicted molar refractivity (Wildman–Crippen MR) is 113 cm³/mol. The number of rotatable bonds is 6. The SMILES string of the molecule is CCCNC(=O)OC[C@H]1C[C@H]2CCN1C[C@@H]2c1cc(-c2ccc(F)cc2)nc(C)n1. The first-order valence-corrected chi connectivity index (χ1v) is 10.8. The number of amides is 1. The van der Waals surface area contributed by atoms with Gasteiger partial charge in [-0.3, -0.25) is 4.90 Å². The third-order valence-electron chi connectivity index (χ3n) is 6.18. The van der Waals surface area contributed by atoms with Crippen LogP contribution in [0.15, 0.2) is 30.3 Å². The molecule has 3 fully saturated rings. The van der Waals surface area contributed by atoms with Gasteiger partial charge in [0.1, 0.15) is 18.2 Å². The van der Waals surface area contributed by atoms with Gasteiger partial charge in [0.15, 0.2) is 0 Å². The predicted octanol–water partition coefficient (Wildman–Crippen LogP) is 3.91. The number of aromatic nitrogens is 2. The summed E-state index contributed by atoms with van der Waals surface area (Å²) in [6.07, 6.45) is 2.69. The van der Waals surface area contributed by atoms with Crippen molar-refractivity contribution in [2.45, 2.75) is 45.1 Å². The fourth-order valence-electron chi connectivity index (χ4n) is 4.65. The van der Waals surface area contributed by atoms with Gasteiger partial charge < -0.3 is 10.1 Å². The number of hydrogen-bond donors (Lipinski definition) is 1. The molecule has 1 amide bonds. The standard InChI is InChI=1S/C23H29FN4O2/c1-3-9-25-23(29)30-14-19-11-17-8-10-28(19)13-20(17)22-12-21(26-15(2)27-22)16-4-6-18(24)7-5-16/h4-7,12,17,19-20H,3,8-11,13-14H2,1-2H3,(H,25,29)/t17-,19-,20+/m1/s1. The zero-order valence-corrected chi connectivity index (χ0v) is 17.6. The highest BCUT2D eigenvalue weighted by atomic mass is 19.1. The van der Waals surface area contributed by atoms with Crippen LogP contribution >= 0.6 is 0 Å². The Labute approximate surface area is 176 Å². The summed E-state index contributed by atoms with van der Waals surface area (Å²) in [6.45, 7) is 6.94. The summed E-state index contributed by atoms with van der Waals surface area (Å²) in [6, 6.07) is 8.76. The molecule has 160 valence electrons. The lowest BCUT2D eigenvalue weighted by atomic mass is 9.74. The number of carbonyl (C=O) groups excluding carboxylic acids is 1. The van der Waals surface area contributed by atoms with Crippen molar-refractivity contribution < 1.29 is 13.9 Å². The highest BCUT2D eigenvalue weighted by Crippen LogP contribution is 2.41. The molecule has 30 heavy (non-hydrogen) atoms. The number of alkyl carbamates (subject to hydrolysis) is 1. The van der Waals surface area contributed by atoms with Crippen LogP contribution in [-0.2, 0) is 4.74 Å². The lowest BCUT2D eigenvalue weighted by Crippen LogP contribution is -2.54. The summed E-state index contributed by atoms with van der Waals surface area (Å²) in [4.78, 5) is 23.5. The molecule has 4 heterocycles. The molecule has 3 aliphatic heterocycles. The van der Waals surface area contributed by atoms with Crippen LogP contribution in [0.25, 0.3) is 11.3 Å². The van der Waals surface area contributed by atoms with Crippen LogP contribution in [-0.4, -0.2) is 53.2 Å². The van der Waals surface area contributed by atoms with E-state index >= 15 is 0 Å². The summed E-state index contributed by atoms with van der Waals surface area (Å²) in [5.74, 6) is 1.33. The van der Waals surface area contributed by atoms with Crippen molar-refractivity contribution in [3.63, 3.8) is 0 Å². The fourth-order valence-corrected chi connectivity index (χ4v) is 4.65. The summed E-state index contributed by atoms with van der Waals surface area (Å²) in [5, 5.41) is 2.76. The van der Waals surface area contributed by atoms with Gasteiger partial charge in [-0.05, 0) is 69.0 Å². The number of nitrogens with one attached hydrogen (secondary N) is 1. The Morgan fingerprint density at radius 2 is 2.10 bits per heavy atom. The number of nitrogens with zero attached hydrogens (tertiary/aromatic N) is 3. The molecular weight excluding hydrogens is 383 g/mol. The van der Waals surface area contributed by atoms with Gasteiger partial charge in [0.25, 0.3) is 0 Å². The fraction of sp³-hybridized carbons (Fsp3) is 0.522. The van der Waals surface area contributed by atoms with Gasteiger partial charge in [-0.15, -0.1) is 0 Å². The molecule has 1 unspecified atom stereocenters. The van der Waals surface area contributed by atoms with E-state index in [-0.39, 0.29) is 18.0 Å². The Morgan fingerprint density at radius 3 is 2.80 bits per heavy atom. The van der Waals surface area contributed by atoms with Crippen molar-refractivity contribution in [2.24, 2.45) is 5.92 Å². The molecule has 1 N–H and O–H groups in total. The van der Waals surface area contributed by atoms with Crippen molar-refractivity contribution >= 4 is 6.09 Å². The van der Waals surface area contributed by atoms with Gasteiger partial charge in [-0.1, -0.05) is 6.92 Å². The third kappa shape index (κ3) is 4.61. The zero-order chi connectivity index (χ0) is 21.1. The van der Waals surface area contributed by atoms with Crippen molar-refractivity contribution in [3.8, 4) is 11.3 Å². The lowest BCUT2D eigenvalue weighted by molar-refractivity contribution is -0.00346. The van der Waals surface area contributed by atoms with Gasteiger partial charge in [-0.2, -0.15) is 0 Å². The second-order valence-corrected chi connectivity index (χ2v) is 8.30. The number of fused-ring (bicyclic) bond motifs is 3. The monoisotopic (exact) mass is 412 g/mol. The number of halogens is 1. The van der Waals surface area contributed by atoms with Gasteiger partial charge in [-0.25, -0.2) is 19.2 Å². The molecule has 3 aliphatic rings. The van der Waals surface area contributed by atoms with E-state index in [1.165, 1.54) is 12.1 Å². The zero-order valence-electron chi connectivity index (χ0n) is 17.6. The Hall–Kier alpha value is -2.54. The van der Waals surface area contributed by atoms with Gasteiger partial charge >= 0.3 is 6.09 Å². The van der Waals surface area contributed by atoms with Gasteiger partial charge in [0.05, 0.1) is 5.69 Å². The Bertz CT molecular complexity index is 889. The lowest BCUT2D eigenvalue weighted by Gasteiger charge is -2.49. The maximum absolute atomic E-state index is 13.3. The van der Waals surface area contributed by atoms with E-state index in [0.29, 0.717) is 25.0 Å². The number of piperidine rings is 3.